The third-order valence-electron chi connectivity index (χ3n) is 1.51. The highest BCUT2D eigenvalue weighted by Gasteiger charge is 2.31. The Morgan fingerprint density at radius 1 is 1.33 bits per heavy atom. The van der Waals surface area contributed by atoms with Crippen LogP contribution in [-0.4, -0.2) is 12.1 Å². The fraction of sp³-hybridized carbons (Fsp3) is 0.222. The molecule has 0 aliphatic rings. The molecule has 0 aliphatic heterocycles. The molecule has 82 valence electrons. The van der Waals surface area contributed by atoms with Crippen molar-refractivity contribution in [2.24, 2.45) is 0 Å². The molecule has 1 N–H and O–H groups in total. The van der Waals surface area contributed by atoms with Crippen molar-refractivity contribution in [3.05, 3.63) is 28.7 Å². The Balaban J connectivity index is 2.64. The minimum atomic E-state index is -4.48. The molecule has 1 aromatic rings. The van der Waals surface area contributed by atoms with Gasteiger partial charge < -0.3 is 5.32 Å². The molecule has 0 heterocycles. The maximum absolute atomic E-state index is 11.8. The Morgan fingerprint density at radius 2 is 1.93 bits per heavy atom. The molecule has 0 aromatic heterocycles. The molecule has 0 saturated heterocycles. The van der Waals surface area contributed by atoms with Gasteiger partial charge in [-0.25, -0.2) is 0 Å². The molecule has 1 aromatic carbocycles. The van der Waals surface area contributed by atoms with Crippen LogP contribution in [0, 0.1) is 0 Å². The van der Waals surface area contributed by atoms with E-state index in [4.69, 9.17) is 0 Å². The quantitative estimate of drug-likeness (QED) is 0.885. The minimum absolute atomic E-state index is 0.326. The van der Waals surface area contributed by atoms with Crippen molar-refractivity contribution in [3.8, 4) is 0 Å². The SMILES string of the molecule is O=C(CC(F)(F)F)Nc1ccccc1Br. The third kappa shape index (κ3) is 4.33. The lowest BCUT2D eigenvalue weighted by Gasteiger charge is -2.08. The first-order valence-corrected chi connectivity index (χ1v) is 4.79. The van der Waals surface area contributed by atoms with E-state index in [1.807, 2.05) is 0 Å². The lowest BCUT2D eigenvalue weighted by Crippen LogP contribution is -2.21. The highest BCUT2D eigenvalue weighted by Crippen LogP contribution is 2.24. The predicted octanol–water partition coefficient (Wildman–Crippen LogP) is 3.34. The van der Waals surface area contributed by atoms with Crippen LogP contribution < -0.4 is 5.32 Å². The summed E-state index contributed by atoms with van der Waals surface area (Å²) in [6.07, 6.45) is -5.96. The van der Waals surface area contributed by atoms with Crippen LogP contribution in [0.3, 0.4) is 0 Å². The van der Waals surface area contributed by atoms with Crippen LogP contribution >= 0.6 is 15.9 Å². The summed E-state index contributed by atoms with van der Waals surface area (Å²) in [7, 11) is 0. The molecule has 1 rings (SSSR count). The van der Waals surface area contributed by atoms with E-state index in [1.54, 1.807) is 18.2 Å². The average molecular weight is 282 g/mol. The molecule has 15 heavy (non-hydrogen) atoms. The van der Waals surface area contributed by atoms with Gasteiger partial charge in [0.25, 0.3) is 0 Å². The number of carbonyl (C=O) groups is 1. The molecule has 0 atom stereocenters. The number of alkyl halides is 3. The van der Waals surface area contributed by atoms with E-state index in [-0.39, 0.29) is 0 Å². The lowest BCUT2D eigenvalue weighted by atomic mass is 10.3. The number of benzene rings is 1. The number of rotatable bonds is 2. The number of carbonyl (C=O) groups excluding carboxylic acids is 1. The van der Waals surface area contributed by atoms with Gasteiger partial charge in [0.1, 0.15) is 6.42 Å². The fourth-order valence-electron chi connectivity index (χ4n) is 0.939. The molecule has 0 radical (unpaired) electrons. The maximum Gasteiger partial charge on any atom is 0.397 e. The van der Waals surface area contributed by atoms with Gasteiger partial charge in [0.15, 0.2) is 0 Å². The zero-order valence-electron chi connectivity index (χ0n) is 7.44. The zero-order chi connectivity index (χ0) is 11.5. The zero-order valence-corrected chi connectivity index (χ0v) is 9.02. The van der Waals surface area contributed by atoms with Gasteiger partial charge in [0.2, 0.25) is 5.91 Å². The first-order valence-electron chi connectivity index (χ1n) is 3.99. The van der Waals surface area contributed by atoms with Crippen LogP contribution in [0.25, 0.3) is 0 Å². The largest absolute Gasteiger partial charge is 0.397 e. The first-order chi connectivity index (χ1) is 6.88. The van der Waals surface area contributed by atoms with E-state index < -0.39 is 18.5 Å². The number of para-hydroxylation sites is 1. The van der Waals surface area contributed by atoms with Crippen LogP contribution in [-0.2, 0) is 4.79 Å². The van der Waals surface area contributed by atoms with Gasteiger partial charge >= 0.3 is 6.18 Å². The van der Waals surface area contributed by atoms with Crippen LogP contribution in [0.5, 0.6) is 0 Å². The van der Waals surface area contributed by atoms with Gasteiger partial charge in [0, 0.05) is 4.47 Å². The third-order valence-corrected chi connectivity index (χ3v) is 2.20. The van der Waals surface area contributed by atoms with Gasteiger partial charge in [-0.15, -0.1) is 0 Å². The number of hydrogen-bond donors (Lipinski definition) is 1. The molecule has 0 spiro atoms. The van der Waals surface area contributed by atoms with E-state index in [0.29, 0.717) is 10.2 Å². The van der Waals surface area contributed by atoms with Gasteiger partial charge in [-0.2, -0.15) is 13.2 Å². The summed E-state index contributed by atoms with van der Waals surface area (Å²) in [4.78, 5) is 10.9. The van der Waals surface area contributed by atoms with Crippen LogP contribution in [0.4, 0.5) is 18.9 Å². The number of nitrogens with one attached hydrogen (secondary N) is 1. The maximum atomic E-state index is 11.8. The molecule has 2 nitrogen and oxygen atoms in total. The van der Waals surface area contributed by atoms with Crippen molar-refractivity contribution in [3.63, 3.8) is 0 Å². The Bertz CT molecular complexity index is 365. The summed E-state index contributed by atoms with van der Waals surface area (Å²) in [6, 6.07) is 6.46. The van der Waals surface area contributed by atoms with Gasteiger partial charge in [0.05, 0.1) is 5.69 Å². The fourth-order valence-corrected chi connectivity index (χ4v) is 1.32. The van der Waals surface area contributed by atoms with Crippen molar-refractivity contribution >= 4 is 27.5 Å². The van der Waals surface area contributed by atoms with Gasteiger partial charge in [-0.3, -0.25) is 4.79 Å². The summed E-state index contributed by atoms with van der Waals surface area (Å²) in [5.74, 6) is -1.07. The Labute approximate surface area is 92.6 Å². The Kier molecular flexibility index (Phi) is 3.73. The number of halogens is 4. The summed E-state index contributed by atoms with van der Waals surface area (Å²) >= 11 is 3.11. The normalized spacial score (nSPS) is 11.2. The number of hydrogen-bond acceptors (Lipinski definition) is 1. The van der Waals surface area contributed by atoms with Gasteiger partial charge in [-0.05, 0) is 28.1 Å². The van der Waals surface area contributed by atoms with E-state index in [9.17, 15) is 18.0 Å². The average Bonchev–Trinajstić information content (AvgIpc) is 2.05. The second-order valence-corrected chi connectivity index (χ2v) is 3.67. The van der Waals surface area contributed by atoms with Crippen molar-refractivity contribution in [2.75, 3.05) is 5.32 Å². The van der Waals surface area contributed by atoms with E-state index in [0.717, 1.165) is 0 Å². The summed E-state index contributed by atoms with van der Waals surface area (Å²) in [5, 5.41) is 2.16. The second-order valence-electron chi connectivity index (χ2n) is 2.82. The molecule has 1 amide bonds. The standard InChI is InChI=1S/C9H7BrF3NO/c10-6-3-1-2-4-7(6)14-8(15)5-9(11,12)13/h1-4H,5H2,(H,14,15). The molecule has 0 aliphatic carbocycles. The van der Waals surface area contributed by atoms with Crippen molar-refractivity contribution in [1.82, 2.24) is 0 Å². The smallest absolute Gasteiger partial charge is 0.325 e. The summed E-state index contributed by atoms with van der Waals surface area (Å²) in [5.41, 5.74) is 0.326. The topological polar surface area (TPSA) is 29.1 Å². The molecule has 0 unspecified atom stereocenters. The number of amides is 1. The Hall–Kier alpha value is -1.04. The number of anilines is 1. The predicted molar refractivity (Wildman–Crippen MR) is 53.4 cm³/mol. The minimum Gasteiger partial charge on any atom is -0.325 e. The monoisotopic (exact) mass is 281 g/mol. The Morgan fingerprint density at radius 3 is 2.47 bits per heavy atom. The summed E-state index contributed by atoms with van der Waals surface area (Å²) < 4.78 is 36.1. The van der Waals surface area contributed by atoms with Crippen molar-refractivity contribution < 1.29 is 18.0 Å². The molecule has 6 heteroatoms. The summed E-state index contributed by atoms with van der Waals surface area (Å²) in [6.45, 7) is 0. The van der Waals surface area contributed by atoms with Crippen LogP contribution in [0.1, 0.15) is 6.42 Å². The van der Waals surface area contributed by atoms with Crippen molar-refractivity contribution in [1.29, 1.82) is 0 Å². The van der Waals surface area contributed by atoms with Crippen LogP contribution in [0.15, 0.2) is 28.7 Å². The first kappa shape index (κ1) is 12.0. The van der Waals surface area contributed by atoms with Crippen LogP contribution in [0.2, 0.25) is 0 Å². The van der Waals surface area contributed by atoms with E-state index in [2.05, 4.69) is 21.2 Å². The highest BCUT2D eigenvalue weighted by molar-refractivity contribution is 9.10. The van der Waals surface area contributed by atoms with Crippen molar-refractivity contribution in [2.45, 2.75) is 12.6 Å². The van der Waals surface area contributed by atoms with E-state index >= 15 is 0 Å². The molecular weight excluding hydrogens is 275 g/mol. The molecule has 0 bridgehead atoms. The second kappa shape index (κ2) is 4.65. The lowest BCUT2D eigenvalue weighted by molar-refractivity contribution is -0.150. The molecular formula is C9H7BrF3NO. The molecule has 0 saturated carbocycles. The van der Waals surface area contributed by atoms with Gasteiger partial charge in [-0.1, -0.05) is 12.1 Å². The molecule has 0 fully saturated rings. The van der Waals surface area contributed by atoms with E-state index in [1.165, 1.54) is 6.07 Å². The highest BCUT2D eigenvalue weighted by atomic mass is 79.9.